The van der Waals surface area contributed by atoms with Crippen molar-refractivity contribution in [2.24, 2.45) is 0 Å². The summed E-state index contributed by atoms with van der Waals surface area (Å²) >= 11 is 0. The number of hydrogen-bond acceptors (Lipinski definition) is 5. The second kappa shape index (κ2) is 11.2. The van der Waals surface area contributed by atoms with Crippen LogP contribution in [-0.4, -0.2) is 44.1 Å². The number of anilines is 1. The van der Waals surface area contributed by atoms with Gasteiger partial charge in [-0.15, -0.1) is 0 Å². The van der Waals surface area contributed by atoms with E-state index in [1.165, 1.54) is 6.42 Å². The van der Waals surface area contributed by atoms with Gasteiger partial charge in [-0.05, 0) is 54.3 Å². The molecule has 7 heteroatoms. The molecule has 0 unspecified atom stereocenters. The third kappa shape index (κ3) is 4.80. The molecule has 2 aliphatic rings. The zero-order valence-corrected chi connectivity index (χ0v) is 22.1. The second-order valence-electron chi connectivity index (χ2n) is 9.85. The summed E-state index contributed by atoms with van der Waals surface area (Å²) in [6, 6.07) is 20.2. The van der Waals surface area contributed by atoms with Crippen LogP contribution >= 0.6 is 0 Å². The lowest BCUT2D eigenvalue weighted by atomic mass is 9.77. The van der Waals surface area contributed by atoms with Gasteiger partial charge >= 0.3 is 0 Å². The van der Waals surface area contributed by atoms with Crippen LogP contribution in [0.25, 0.3) is 0 Å². The van der Waals surface area contributed by atoms with Crippen molar-refractivity contribution in [1.82, 2.24) is 4.90 Å². The number of carbonyl (C=O) groups excluding carboxylic acids is 2. The number of amides is 2. The molecule has 1 aliphatic heterocycles. The van der Waals surface area contributed by atoms with Crippen LogP contribution in [0.15, 0.2) is 66.7 Å². The summed E-state index contributed by atoms with van der Waals surface area (Å²) in [5, 5.41) is 3.10. The van der Waals surface area contributed by atoms with Crippen molar-refractivity contribution in [2.45, 2.75) is 50.1 Å². The quantitative estimate of drug-likeness (QED) is 0.421. The molecule has 0 aromatic heterocycles. The Morgan fingerprint density at radius 1 is 0.842 bits per heavy atom. The van der Waals surface area contributed by atoms with Gasteiger partial charge in [0.05, 0.1) is 33.3 Å². The second-order valence-corrected chi connectivity index (χ2v) is 9.85. The first kappa shape index (κ1) is 25.6. The van der Waals surface area contributed by atoms with Crippen LogP contribution in [0.4, 0.5) is 5.69 Å². The highest BCUT2D eigenvalue weighted by molar-refractivity contribution is 6.04. The van der Waals surface area contributed by atoms with E-state index in [-0.39, 0.29) is 17.9 Å². The monoisotopic (exact) mass is 514 g/mol. The van der Waals surface area contributed by atoms with Gasteiger partial charge in [0.1, 0.15) is 5.75 Å². The molecule has 0 bridgehead atoms. The van der Waals surface area contributed by atoms with Crippen LogP contribution in [0, 0.1) is 0 Å². The Kier molecular flexibility index (Phi) is 7.54. The Bertz CT molecular complexity index is 1300. The Morgan fingerprint density at radius 3 is 2.24 bits per heavy atom. The van der Waals surface area contributed by atoms with Crippen molar-refractivity contribution in [3.63, 3.8) is 0 Å². The largest absolute Gasteiger partial charge is 0.497 e. The minimum atomic E-state index is -0.604. The van der Waals surface area contributed by atoms with Crippen LogP contribution in [0.5, 0.6) is 17.2 Å². The fourth-order valence-corrected chi connectivity index (χ4v) is 5.88. The predicted molar refractivity (Wildman–Crippen MR) is 146 cm³/mol. The predicted octanol–water partition coefficient (Wildman–Crippen LogP) is 5.96. The molecule has 3 aromatic rings. The number of nitrogens with zero attached hydrogens (tertiary/aromatic N) is 1. The van der Waals surface area contributed by atoms with Gasteiger partial charge in [0.15, 0.2) is 11.5 Å². The number of nitrogens with one attached hydrogen (secondary N) is 1. The third-order valence-corrected chi connectivity index (χ3v) is 7.74. The maximum Gasteiger partial charge on any atom is 0.254 e. The standard InChI is InChI=1S/C31H34N2O5/c1-36-23-16-13-20(14-17-23)29-28(30(34)32-21-15-18-26(37-2)27(19-21)38-3)24-11-7-8-12-25(24)31(35)33(29)22-9-5-4-6-10-22/h7-8,11-19,22,28-29H,4-6,9-10H2,1-3H3,(H,32,34)/t28-,29-/m1/s1. The van der Waals surface area contributed by atoms with Gasteiger partial charge in [0, 0.05) is 23.4 Å². The van der Waals surface area contributed by atoms with Crippen molar-refractivity contribution in [3.05, 3.63) is 83.4 Å². The normalized spacial score (nSPS) is 19.4. The topological polar surface area (TPSA) is 77.1 Å². The van der Waals surface area contributed by atoms with E-state index in [4.69, 9.17) is 14.2 Å². The first-order chi connectivity index (χ1) is 18.5. The number of hydrogen-bond donors (Lipinski definition) is 1. The molecule has 1 heterocycles. The molecule has 1 fully saturated rings. The zero-order valence-electron chi connectivity index (χ0n) is 22.1. The summed E-state index contributed by atoms with van der Waals surface area (Å²) in [5.41, 5.74) is 2.84. The Hall–Kier alpha value is -4.00. The lowest BCUT2D eigenvalue weighted by Gasteiger charge is -2.46. The summed E-state index contributed by atoms with van der Waals surface area (Å²) in [5.74, 6) is 1.04. The molecule has 7 nitrogen and oxygen atoms in total. The molecular formula is C31H34N2O5. The lowest BCUT2D eigenvalue weighted by Crippen LogP contribution is -2.51. The van der Waals surface area contributed by atoms with E-state index in [1.807, 2.05) is 53.4 Å². The highest BCUT2D eigenvalue weighted by atomic mass is 16.5. The first-order valence-electron chi connectivity index (χ1n) is 13.1. The zero-order chi connectivity index (χ0) is 26.6. The molecule has 5 rings (SSSR count). The van der Waals surface area contributed by atoms with E-state index >= 15 is 0 Å². The molecule has 38 heavy (non-hydrogen) atoms. The summed E-state index contributed by atoms with van der Waals surface area (Å²) in [4.78, 5) is 30.2. The van der Waals surface area contributed by atoms with Crippen LogP contribution in [0.3, 0.4) is 0 Å². The molecule has 1 saturated carbocycles. The molecule has 3 aromatic carbocycles. The molecule has 2 atom stereocenters. The van der Waals surface area contributed by atoms with Gasteiger partial charge in [-0.2, -0.15) is 0 Å². The third-order valence-electron chi connectivity index (χ3n) is 7.74. The van der Waals surface area contributed by atoms with E-state index < -0.39 is 12.0 Å². The van der Waals surface area contributed by atoms with Crippen molar-refractivity contribution in [3.8, 4) is 17.2 Å². The molecule has 0 spiro atoms. The smallest absolute Gasteiger partial charge is 0.254 e. The highest BCUT2D eigenvalue weighted by Gasteiger charge is 2.46. The van der Waals surface area contributed by atoms with Crippen molar-refractivity contribution in [2.75, 3.05) is 26.6 Å². The lowest BCUT2D eigenvalue weighted by molar-refractivity contribution is -0.119. The highest BCUT2D eigenvalue weighted by Crippen LogP contribution is 2.46. The minimum absolute atomic E-state index is 0.0107. The number of rotatable bonds is 7. The fourth-order valence-electron chi connectivity index (χ4n) is 5.88. The van der Waals surface area contributed by atoms with E-state index in [9.17, 15) is 9.59 Å². The van der Waals surface area contributed by atoms with Gasteiger partial charge in [0.2, 0.25) is 5.91 Å². The van der Waals surface area contributed by atoms with Gasteiger partial charge in [-0.3, -0.25) is 9.59 Å². The van der Waals surface area contributed by atoms with Gasteiger partial charge in [-0.25, -0.2) is 0 Å². The van der Waals surface area contributed by atoms with Crippen LogP contribution < -0.4 is 19.5 Å². The van der Waals surface area contributed by atoms with Gasteiger partial charge < -0.3 is 24.4 Å². The number of benzene rings is 3. The van der Waals surface area contributed by atoms with E-state index in [0.29, 0.717) is 22.7 Å². The minimum Gasteiger partial charge on any atom is -0.497 e. The molecule has 1 N–H and O–H groups in total. The van der Waals surface area contributed by atoms with Crippen molar-refractivity contribution < 1.29 is 23.8 Å². The van der Waals surface area contributed by atoms with Crippen molar-refractivity contribution >= 4 is 17.5 Å². The summed E-state index contributed by atoms with van der Waals surface area (Å²) < 4.78 is 16.2. The van der Waals surface area contributed by atoms with Crippen LogP contribution in [-0.2, 0) is 4.79 Å². The van der Waals surface area contributed by atoms with E-state index in [0.717, 1.165) is 42.6 Å². The maximum atomic E-state index is 14.2. The number of carbonyl (C=O) groups is 2. The van der Waals surface area contributed by atoms with E-state index in [2.05, 4.69) is 5.32 Å². The number of methoxy groups -OCH3 is 3. The SMILES string of the molecule is COc1ccc([C@@H]2[C@H](C(=O)Nc3ccc(OC)c(OC)c3)c3ccccc3C(=O)N2C2CCCCC2)cc1. The maximum absolute atomic E-state index is 14.2. The fraction of sp³-hybridized carbons (Fsp3) is 0.355. The Morgan fingerprint density at radius 2 is 1.55 bits per heavy atom. The summed E-state index contributed by atoms with van der Waals surface area (Å²) in [7, 11) is 4.77. The van der Waals surface area contributed by atoms with Crippen molar-refractivity contribution in [1.29, 1.82) is 0 Å². The molecule has 0 radical (unpaired) electrons. The Labute approximate surface area is 223 Å². The number of ether oxygens (including phenoxy) is 3. The first-order valence-corrected chi connectivity index (χ1v) is 13.1. The van der Waals surface area contributed by atoms with Gasteiger partial charge in [0.25, 0.3) is 5.91 Å². The average molecular weight is 515 g/mol. The molecule has 2 amide bonds. The summed E-state index contributed by atoms with van der Waals surface area (Å²) in [6.45, 7) is 0. The molecular weight excluding hydrogens is 480 g/mol. The van der Waals surface area contributed by atoms with Gasteiger partial charge in [-0.1, -0.05) is 49.6 Å². The van der Waals surface area contributed by atoms with Crippen LogP contribution in [0.2, 0.25) is 0 Å². The average Bonchev–Trinajstić information content (AvgIpc) is 2.97. The van der Waals surface area contributed by atoms with Crippen LogP contribution in [0.1, 0.15) is 65.5 Å². The molecule has 198 valence electrons. The Balaban J connectivity index is 1.61. The van der Waals surface area contributed by atoms with E-state index in [1.54, 1.807) is 39.5 Å². The molecule has 1 aliphatic carbocycles. The number of fused-ring (bicyclic) bond motifs is 1. The summed E-state index contributed by atoms with van der Waals surface area (Å²) in [6.07, 6.45) is 5.20. The molecule has 0 saturated heterocycles.